The Morgan fingerprint density at radius 3 is 2.50 bits per heavy atom. The van der Waals surface area contributed by atoms with E-state index in [4.69, 9.17) is 5.73 Å². The van der Waals surface area contributed by atoms with Crippen LogP contribution in [0.4, 0.5) is 0 Å². The third kappa shape index (κ3) is 6.15. The van der Waals surface area contributed by atoms with Crippen LogP contribution in [0.2, 0.25) is 0 Å². The average Bonchev–Trinajstić information content (AvgIpc) is 2.39. The molecule has 0 aliphatic rings. The molecule has 0 spiro atoms. The summed E-state index contributed by atoms with van der Waals surface area (Å²) in [6.07, 6.45) is 11.7. The summed E-state index contributed by atoms with van der Waals surface area (Å²) in [7, 11) is 0. The van der Waals surface area contributed by atoms with E-state index in [1.54, 1.807) is 0 Å². The zero-order valence-electron chi connectivity index (χ0n) is 12.0. The molecule has 0 radical (unpaired) electrons. The molecule has 0 aromatic carbocycles. The van der Waals surface area contributed by atoms with E-state index in [9.17, 15) is 0 Å². The van der Waals surface area contributed by atoms with Gasteiger partial charge in [-0.1, -0.05) is 52.0 Å². The maximum absolute atomic E-state index is 6.15. The first-order valence-corrected chi connectivity index (χ1v) is 7.45. The first-order chi connectivity index (χ1) is 8.76. The highest BCUT2D eigenvalue weighted by molar-refractivity contribution is 5.14. The summed E-state index contributed by atoms with van der Waals surface area (Å²) < 4.78 is 0. The Hall–Kier alpha value is -0.890. The van der Waals surface area contributed by atoms with Gasteiger partial charge in [0.1, 0.15) is 0 Å². The van der Waals surface area contributed by atoms with Crippen LogP contribution in [0.15, 0.2) is 18.3 Å². The molecule has 102 valence electrons. The molecule has 1 unspecified atom stereocenters. The number of rotatable bonds is 9. The zero-order valence-corrected chi connectivity index (χ0v) is 12.0. The van der Waals surface area contributed by atoms with Gasteiger partial charge in [0, 0.05) is 24.4 Å². The Labute approximate surface area is 112 Å². The van der Waals surface area contributed by atoms with E-state index in [-0.39, 0.29) is 6.04 Å². The zero-order chi connectivity index (χ0) is 13.2. The van der Waals surface area contributed by atoms with Crippen molar-refractivity contribution >= 4 is 0 Å². The molecule has 0 amide bonds. The highest BCUT2D eigenvalue weighted by atomic mass is 14.7. The predicted octanol–water partition coefficient (Wildman–Crippen LogP) is 3.87. The molecule has 0 bridgehead atoms. The van der Waals surface area contributed by atoms with Crippen molar-refractivity contribution in [3.63, 3.8) is 0 Å². The number of nitrogens with zero attached hydrogens (tertiary/aromatic N) is 1. The van der Waals surface area contributed by atoms with Gasteiger partial charge in [-0.25, -0.2) is 0 Å². The van der Waals surface area contributed by atoms with Crippen LogP contribution in [-0.4, -0.2) is 11.0 Å². The van der Waals surface area contributed by atoms with Crippen LogP contribution in [0.1, 0.15) is 63.6 Å². The number of aryl methyl sites for hydroxylation is 1. The lowest BCUT2D eigenvalue weighted by Gasteiger charge is -2.11. The smallest absolute Gasteiger partial charge is 0.0419 e. The number of unbranched alkanes of at least 4 members (excludes halogenated alkanes) is 4. The maximum Gasteiger partial charge on any atom is 0.0419 e. The van der Waals surface area contributed by atoms with Crippen molar-refractivity contribution in [2.24, 2.45) is 5.73 Å². The van der Waals surface area contributed by atoms with Crippen LogP contribution in [0.25, 0.3) is 0 Å². The quantitative estimate of drug-likeness (QED) is 0.674. The highest BCUT2D eigenvalue weighted by Gasteiger charge is 2.05. The molecule has 2 N–H and O–H groups in total. The van der Waals surface area contributed by atoms with Gasteiger partial charge in [-0.05, 0) is 24.5 Å². The van der Waals surface area contributed by atoms with E-state index in [1.807, 2.05) is 6.20 Å². The third-order valence-electron chi connectivity index (χ3n) is 3.44. The summed E-state index contributed by atoms with van der Waals surface area (Å²) in [5.74, 6) is 0. The van der Waals surface area contributed by atoms with Gasteiger partial charge in [0.15, 0.2) is 0 Å². The fourth-order valence-electron chi connectivity index (χ4n) is 2.17. The molecule has 1 aromatic rings. The summed E-state index contributed by atoms with van der Waals surface area (Å²) >= 11 is 0. The minimum absolute atomic E-state index is 0.270. The number of hydrogen-bond acceptors (Lipinski definition) is 2. The first kappa shape index (κ1) is 15.2. The van der Waals surface area contributed by atoms with Crippen molar-refractivity contribution in [2.45, 2.75) is 71.3 Å². The molecule has 0 fully saturated rings. The maximum atomic E-state index is 6.15. The standard InChI is InChI=1S/C16H28N2/c1-3-5-6-7-8-9-15(17)12-16-11-10-14(4-2)13-18-16/h10-11,13,15H,3-9,12,17H2,1-2H3. The van der Waals surface area contributed by atoms with Gasteiger partial charge >= 0.3 is 0 Å². The Morgan fingerprint density at radius 2 is 1.89 bits per heavy atom. The summed E-state index contributed by atoms with van der Waals surface area (Å²) in [4.78, 5) is 4.47. The highest BCUT2D eigenvalue weighted by Crippen LogP contribution is 2.09. The fourth-order valence-corrected chi connectivity index (χ4v) is 2.17. The van der Waals surface area contributed by atoms with Crippen molar-refractivity contribution < 1.29 is 0 Å². The van der Waals surface area contributed by atoms with Gasteiger partial charge in [0.2, 0.25) is 0 Å². The van der Waals surface area contributed by atoms with Gasteiger partial charge < -0.3 is 5.73 Å². The van der Waals surface area contributed by atoms with Crippen molar-refractivity contribution in [3.05, 3.63) is 29.6 Å². The van der Waals surface area contributed by atoms with Gasteiger partial charge in [0.05, 0.1) is 0 Å². The van der Waals surface area contributed by atoms with Crippen LogP contribution in [0.5, 0.6) is 0 Å². The van der Waals surface area contributed by atoms with Crippen LogP contribution in [0, 0.1) is 0 Å². The number of aromatic nitrogens is 1. The third-order valence-corrected chi connectivity index (χ3v) is 3.44. The molecular formula is C16H28N2. The Morgan fingerprint density at radius 1 is 1.11 bits per heavy atom. The molecule has 1 aromatic heterocycles. The van der Waals surface area contributed by atoms with Crippen LogP contribution < -0.4 is 5.73 Å². The van der Waals surface area contributed by atoms with E-state index in [0.29, 0.717) is 0 Å². The summed E-state index contributed by atoms with van der Waals surface area (Å²) in [5.41, 5.74) is 8.58. The van der Waals surface area contributed by atoms with Gasteiger partial charge in [0.25, 0.3) is 0 Å². The fraction of sp³-hybridized carbons (Fsp3) is 0.688. The second-order valence-corrected chi connectivity index (χ2v) is 5.18. The van der Waals surface area contributed by atoms with Crippen LogP contribution in [0.3, 0.4) is 0 Å². The molecular weight excluding hydrogens is 220 g/mol. The largest absolute Gasteiger partial charge is 0.327 e. The summed E-state index contributed by atoms with van der Waals surface area (Å²) in [5, 5.41) is 0. The number of hydrogen-bond donors (Lipinski definition) is 1. The SMILES string of the molecule is CCCCCCCC(N)Cc1ccc(CC)cn1. The predicted molar refractivity (Wildman–Crippen MR) is 78.7 cm³/mol. The van der Waals surface area contributed by atoms with E-state index in [2.05, 4.69) is 31.0 Å². The molecule has 1 rings (SSSR count). The Kier molecular flexibility index (Phi) is 7.66. The molecule has 0 saturated carbocycles. The van der Waals surface area contributed by atoms with Crippen molar-refractivity contribution in [1.82, 2.24) is 4.98 Å². The summed E-state index contributed by atoms with van der Waals surface area (Å²) in [6.45, 7) is 4.40. The minimum atomic E-state index is 0.270. The minimum Gasteiger partial charge on any atom is -0.327 e. The van der Waals surface area contributed by atoms with Crippen molar-refractivity contribution in [2.75, 3.05) is 0 Å². The number of nitrogens with two attached hydrogens (primary N) is 1. The van der Waals surface area contributed by atoms with Gasteiger partial charge in [-0.15, -0.1) is 0 Å². The van der Waals surface area contributed by atoms with Crippen molar-refractivity contribution in [3.8, 4) is 0 Å². The monoisotopic (exact) mass is 248 g/mol. The van der Waals surface area contributed by atoms with E-state index in [1.165, 1.54) is 37.7 Å². The Balaban J connectivity index is 2.20. The Bertz CT molecular complexity index is 305. The topological polar surface area (TPSA) is 38.9 Å². The summed E-state index contributed by atoms with van der Waals surface area (Å²) in [6, 6.07) is 4.55. The molecule has 2 heteroatoms. The normalized spacial score (nSPS) is 12.6. The molecule has 18 heavy (non-hydrogen) atoms. The molecule has 0 aliphatic carbocycles. The van der Waals surface area contributed by atoms with E-state index >= 15 is 0 Å². The molecule has 0 aliphatic heterocycles. The first-order valence-electron chi connectivity index (χ1n) is 7.45. The molecule has 0 saturated heterocycles. The lowest BCUT2D eigenvalue weighted by atomic mass is 10.0. The van der Waals surface area contributed by atoms with E-state index in [0.717, 1.165) is 25.0 Å². The van der Waals surface area contributed by atoms with Crippen LogP contribution in [-0.2, 0) is 12.8 Å². The lowest BCUT2D eigenvalue weighted by molar-refractivity contribution is 0.535. The molecule has 1 heterocycles. The molecule has 1 atom stereocenters. The number of pyridine rings is 1. The second kappa shape index (κ2) is 9.09. The molecule has 2 nitrogen and oxygen atoms in total. The lowest BCUT2D eigenvalue weighted by Crippen LogP contribution is -2.23. The second-order valence-electron chi connectivity index (χ2n) is 5.18. The van der Waals surface area contributed by atoms with Gasteiger partial charge in [-0.3, -0.25) is 4.98 Å². The average molecular weight is 248 g/mol. The van der Waals surface area contributed by atoms with E-state index < -0.39 is 0 Å². The van der Waals surface area contributed by atoms with Crippen LogP contribution >= 0.6 is 0 Å². The van der Waals surface area contributed by atoms with Crippen molar-refractivity contribution in [1.29, 1.82) is 0 Å². The van der Waals surface area contributed by atoms with Gasteiger partial charge in [-0.2, -0.15) is 0 Å².